The predicted octanol–water partition coefficient (Wildman–Crippen LogP) is 4.85. The molecular formula is C19H22O4S. The molecule has 2 aromatic carbocycles. The first kappa shape index (κ1) is 18.2. The summed E-state index contributed by atoms with van der Waals surface area (Å²) in [6.45, 7) is 1.96. The van der Waals surface area contributed by atoms with Crippen LogP contribution in [0.5, 0.6) is 11.5 Å². The number of fused-ring (bicyclic) bond motifs is 1. The molecule has 0 saturated heterocycles. The molecule has 5 heteroatoms. The summed E-state index contributed by atoms with van der Waals surface area (Å²) in [5, 5.41) is 11.3. The van der Waals surface area contributed by atoms with Crippen molar-refractivity contribution in [1.82, 2.24) is 0 Å². The number of aliphatic carboxylic acids is 1. The Morgan fingerprint density at radius 1 is 1.17 bits per heavy atom. The lowest BCUT2D eigenvalue weighted by molar-refractivity contribution is -0.132. The summed E-state index contributed by atoms with van der Waals surface area (Å²) in [5.74, 6) is 0.509. The number of carboxylic acid groups (broad SMARTS) is 1. The average molecular weight is 346 g/mol. The second-order valence-electron chi connectivity index (χ2n) is 5.28. The standard InChI is InChI=1S/C19H22O4S/c1-5-8-12(19(20)21)11-15-16(22-2)13-9-6-7-10-14(13)17(23-3)18(15)24-4/h6-7,9-11H,5,8H2,1-4H3,(H,20,21)/b12-11+. The number of benzene rings is 2. The van der Waals surface area contributed by atoms with Crippen LogP contribution in [-0.4, -0.2) is 31.6 Å². The Labute approximate surface area is 146 Å². The highest BCUT2D eigenvalue weighted by molar-refractivity contribution is 7.98. The smallest absolute Gasteiger partial charge is 0.331 e. The van der Waals surface area contributed by atoms with E-state index < -0.39 is 5.97 Å². The van der Waals surface area contributed by atoms with E-state index in [1.165, 1.54) is 11.8 Å². The van der Waals surface area contributed by atoms with Crippen LogP contribution in [0.4, 0.5) is 0 Å². The molecule has 0 saturated carbocycles. The first-order valence-corrected chi connectivity index (χ1v) is 8.95. The molecule has 0 fully saturated rings. The van der Waals surface area contributed by atoms with Gasteiger partial charge in [-0.25, -0.2) is 4.79 Å². The Hall–Kier alpha value is -2.14. The molecule has 1 N–H and O–H groups in total. The Balaban J connectivity index is 2.89. The third-order valence-electron chi connectivity index (χ3n) is 3.84. The van der Waals surface area contributed by atoms with Gasteiger partial charge in [-0.3, -0.25) is 0 Å². The Bertz CT molecular complexity index is 781. The van der Waals surface area contributed by atoms with Crippen LogP contribution in [0.2, 0.25) is 0 Å². The Morgan fingerprint density at radius 2 is 1.75 bits per heavy atom. The van der Waals surface area contributed by atoms with Crippen LogP contribution in [0, 0.1) is 0 Å². The van der Waals surface area contributed by atoms with Gasteiger partial charge >= 0.3 is 5.97 Å². The van der Waals surface area contributed by atoms with Gasteiger partial charge in [-0.05, 0) is 18.8 Å². The van der Waals surface area contributed by atoms with Gasteiger partial charge in [0, 0.05) is 21.9 Å². The third kappa shape index (κ3) is 3.36. The summed E-state index contributed by atoms with van der Waals surface area (Å²) >= 11 is 1.52. The fraction of sp³-hybridized carbons (Fsp3) is 0.316. The van der Waals surface area contributed by atoms with Gasteiger partial charge in [-0.1, -0.05) is 37.6 Å². The molecule has 0 atom stereocenters. The van der Waals surface area contributed by atoms with Crippen molar-refractivity contribution in [1.29, 1.82) is 0 Å². The fourth-order valence-corrected chi connectivity index (χ4v) is 3.56. The number of rotatable bonds is 7. The minimum absolute atomic E-state index is 0.364. The summed E-state index contributed by atoms with van der Waals surface area (Å²) in [5.41, 5.74) is 1.12. The summed E-state index contributed by atoms with van der Waals surface area (Å²) in [6, 6.07) is 7.82. The normalized spacial score (nSPS) is 11.6. The first-order valence-electron chi connectivity index (χ1n) is 7.73. The highest BCUT2D eigenvalue weighted by Gasteiger charge is 2.20. The van der Waals surface area contributed by atoms with E-state index in [1.54, 1.807) is 20.3 Å². The molecule has 0 spiro atoms. The number of carbonyl (C=O) groups is 1. The maximum Gasteiger partial charge on any atom is 0.331 e. The average Bonchev–Trinajstić information content (AvgIpc) is 2.59. The van der Waals surface area contributed by atoms with Crippen LogP contribution in [0.1, 0.15) is 25.3 Å². The maximum atomic E-state index is 11.6. The van der Waals surface area contributed by atoms with Crippen molar-refractivity contribution in [2.75, 3.05) is 20.5 Å². The van der Waals surface area contributed by atoms with Crippen molar-refractivity contribution in [3.05, 3.63) is 35.4 Å². The quantitative estimate of drug-likeness (QED) is 0.574. The molecule has 2 aromatic rings. The van der Waals surface area contributed by atoms with Crippen LogP contribution in [-0.2, 0) is 4.79 Å². The molecule has 0 aliphatic rings. The topological polar surface area (TPSA) is 55.8 Å². The van der Waals surface area contributed by atoms with E-state index in [4.69, 9.17) is 9.47 Å². The van der Waals surface area contributed by atoms with E-state index in [1.807, 2.05) is 37.4 Å². The largest absolute Gasteiger partial charge is 0.495 e. The minimum Gasteiger partial charge on any atom is -0.495 e. The summed E-state index contributed by atoms with van der Waals surface area (Å²) in [4.78, 5) is 12.4. The molecule has 128 valence electrons. The molecule has 24 heavy (non-hydrogen) atoms. The Kier molecular flexibility index (Phi) is 6.15. The summed E-state index contributed by atoms with van der Waals surface area (Å²) in [7, 11) is 3.24. The number of carboxylic acids is 1. The van der Waals surface area contributed by atoms with Crippen LogP contribution in [0.25, 0.3) is 16.8 Å². The van der Waals surface area contributed by atoms with Crippen molar-refractivity contribution in [3.63, 3.8) is 0 Å². The second kappa shape index (κ2) is 8.11. The summed E-state index contributed by atoms with van der Waals surface area (Å²) in [6.07, 6.45) is 4.93. The zero-order valence-corrected chi connectivity index (χ0v) is 15.2. The fourth-order valence-electron chi connectivity index (χ4n) is 2.81. The maximum absolute atomic E-state index is 11.6. The van der Waals surface area contributed by atoms with Crippen molar-refractivity contribution >= 4 is 34.6 Å². The molecule has 0 amide bonds. The van der Waals surface area contributed by atoms with E-state index in [-0.39, 0.29) is 0 Å². The van der Waals surface area contributed by atoms with Crippen LogP contribution in [0.3, 0.4) is 0 Å². The number of hydrogen-bond donors (Lipinski definition) is 1. The van der Waals surface area contributed by atoms with Gasteiger partial charge < -0.3 is 14.6 Å². The van der Waals surface area contributed by atoms with Crippen LogP contribution in [0.15, 0.2) is 34.7 Å². The van der Waals surface area contributed by atoms with E-state index >= 15 is 0 Å². The lowest BCUT2D eigenvalue weighted by Crippen LogP contribution is -2.02. The number of hydrogen-bond acceptors (Lipinski definition) is 4. The molecule has 0 aliphatic heterocycles. The van der Waals surface area contributed by atoms with E-state index in [0.29, 0.717) is 17.7 Å². The van der Waals surface area contributed by atoms with Gasteiger partial charge in [0.15, 0.2) is 0 Å². The highest BCUT2D eigenvalue weighted by Crippen LogP contribution is 2.45. The first-order chi connectivity index (χ1) is 11.6. The van der Waals surface area contributed by atoms with Gasteiger partial charge in [-0.15, -0.1) is 11.8 Å². The molecule has 0 radical (unpaired) electrons. The monoisotopic (exact) mass is 346 g/mol. The van der Waals surface area contributed by atoms with Crippen LogP contribution >= 0.6 is 11.8 Å². The van der Waals surface area contributed by atoms with E-state index in [0.717, 1.165) is 33.4 Å². The SMILES string of the molecule is CCC/C(=C\c1c(SC)c(OC)c2ccccc2c1OC)C(=O)O. The van der Waals surface area contributed by atoms with Gasteiger partial charge in [0.25, 0.3) is 0 Å². The van der Waals surface area contributed by atoms with E-state index in [2.05, 4.69) is 0 Å². The number of methoxy groups -OCH3 is 2. The lowest BCUT2D eigenvalue weighted by atomic mass is 10.0. The Morgan fingerprint density at radius 3 is 2.21 bits per heavy atom. The molecule has 0 unspecified atom stereocenters. The van der Waals surface area contributed by atoms with Gasteiger partial charge in [-0.2, -0.15) is 0 Å². The second-order valence-corrected chi connectivity index (χ2v) is 6.10. The van der Waals surface area contributed by atoms with Gasteiger partial charge in [0.05, 0.1) is 19.1 Å². The molecule has 0 aliphatic carbocycles. The molecular weight excluding hydrogens is 324 g/mol. The molecule has 0 heterocycles. The molecule has 2 rings (SSSR count). The number of ether oxygens (including phenoxy) is 2. The summed E-state index contributed by atoms with van der Waals surface area (Å²) < 4.78 is 11.3. The molecule has 4 nitrogen and oxygen atoms in total. The zero-order chi connectivity index (χ0) is 17.7. The van der Waals surface area contributed by atoms with Crippen molar-refractivity contribution < 1.29 is 19.4 Å². The van der Waals surface area contributed by atoms with Gasteiger partial charge in [0.2, 0.25) is 0 Å². The predicted molar refractivity (Wildman–Crippen MR) is 99.4 cm³/mol. The third-order valence-corrected chi connectivity index (χ3v) is 4.65. The molecule has 0 bridgehead atoms. The van der Waals surface area contributed by atoms with Crippen molar-refractivity contribution in [2.24, 2.45) is 0 Å². The highest BCUT2D eigenvalue weighted by atomic mass is 32.2. The zero-order valence-electron chi connectivity index (χ0n) is 14.4. The van der Waals surface area contributed by atoms with Crippen molar-refractivity contribution in [2.45, 2.75) is 24.7 Å². The van der Waals surface area contributed by atoms with Crippen LogP contribution < -0.4 is 9.47 Å². The lowest BCUT2D eigenvalue weighted by Gasteiger charge is -2.18. The van der Waals surface area contributed by atoms with E-state index in [9.17, 15) is 9.90 Å². The number of thioether (sulfide) groups is 1. The molecule has 0 aromatic heterocycles. The van der Waals surface area contributed by atoms with Crippen molar-refractivity contribution in [3.8, 4) is 11.5 Å². The minimum atomic E-state index is -0.905. The van der Waals surface area contributed by atoms with Gasteiger partial charge in [0.1, 0.15) is 11.5 Å².